The smallest absolute Gasteiger partial charge is 0.0239 e. The highest BCUT2D eigenvalue weighted by molar-refractivity contribution is 5.29. The summed E-state index contributed by atoms with van der Waals surface area (Å²) in [6, 6.07) is 9.32. The van der Waals surface area contributed by atoms with E-state index in [9.17, 15) is 0 Å². The van der Waals surface area contributed by atoms with Gasteiger partial charge in [-0.3, -0.25) is 4.90 Å². The maximum atomic E-state index is 5.88. The molecule has 0 saturated carbocycles. The van der Waals surface area contributed by atoms with Crippen molar-refractivity contribution in [2.45, 2.75) is 39.8 Å². The molecule has 0 saturated heterocycles. The van der Waals surface area contributed by atoms with Crippen molar-refractivity contribution >= 4 is 0 Å². The monoisotopic (exact) mass is 232 g/mol. The number of hydrogen-bond donors (Lipinski definition) is 1. The molecule has 0 radical (unpaired) electrons. The van der Waals surface area contributed by atoms with Crippen molar-refractivity contribution in [3.8, 4) is 0 Å². The second kappa shape index (κ2) is 4.79. The summed E-state index contributed by atoms with van der Waals surface area (Å²) in [4.78, 5) is 2.56. The molecule has 2 N–H and O–H groups in total. The van der Waals surface area contributed by atoms with Crippen molar-refractivity contribution in [2.75, 3.05) is 13.1 Å². The predicted molar refractivity (Wildman–Crippen MR) is 72.9 cm³/mol. The van der Waals surface area contributed by atoms with Crippen molar-refractivity contribution < 1.29 is 0 Å². The molecule has 1 aliphatic heterocycles. The predicted octanol–water partition coefficient (Wildman–Crippen LogP) is 2.42. The number of nitrogens with zero attached hydrogens (tertiary/aromatic N) is 1. The molecule has 0 amide bonds. The Bertz CT molecular complexity index is 384. The molecule has 1 atom stereocenters. The van der Waals surface area contributed by atoms with Crippen molar-refractivity contribution in [2.24, 2.45) is 11.1 Å². The highest BCUT2D eigenvalue weighted by Crippen LogP contribution is 2.28. The topological polar surface area (TPSA) is 29.3 Å². The minimum atomic E-state index is 0.187. The lowest BCUT2D eigenvalue weighted by molar-refractivity contribution is 0.0933. The van der Waals surface area contributed by atoms with E-state index >= 15 is 0 Å². The van der Waals surface area contributed by atoms with Crippen molar-refractivity contribution in [3.63, 3.8) is 0 Å². The molecule has 2 heteroatoms. The second-order valence-corrected chi connectivity index (χ2v) is 5.86. The first kappa shape index (κ1) is 12.6. The fourth-order valence-electron chi connectivity index (χ4n) is 2.51. The third-order valence-electron chi connectivity index (χ3n) is 4.36. The first-order chi connectivity index (χ1) is 8.04. The van der Waals surface area contributed by atoms with Crippen LogP contribution >= 0.6 is 0 Å². The first-order valence-corrected chi connectivity index (χ1v) is 6.55. The van der Waals surface area contributed by atoms with Gasteiger partial charge in [0.25, 0.3) is 0 Å². The van der Waals surface area contributed by atoms with Crippen molar-refractivity contribution in [3.05, 3.63) is 35.4 Å². The summed E-state index contributed by atoms with van der Waals surface area (Å²) >= 11 is 0. The normalized spacial score (nSPS) is 18.8. The average molecular weight is 232 g/mol. The molecule has 1 unspecified atom stereocenters. The molecular weight excluding hydrogens is 208 g/mol. The van der Waals surface area contributed by atoms with Crippen LogP contribution in [0.3, 0.4) is 0 Å². The average Bonchev–Trinajstić information content (AvgIpc) is 2.37. The Labute approximate surface area is 105 Å². The van der Waals surface area contributed by atoms with E-state index in [4.69, 9.17) is 5.73 Å². The molecule has 1 aromatic carbocycles. The maximum Gasteiger partial charge on any atom is 0.0239 e. The van der Waals surface area contributed by atoms with E-state index in [0.717, 1.165) is 19.6 Å². The Morgan fingerprint density at radius 2 is 1.94 bits per heavy atom. The van der Waals surface area contributed by atoms with Gasteiger partial charge in [-0.1, -0.05) is 38.1 Å². The highest BCUT2D eigenvalue weighted by Gasteiger charge is 2.31. The Balaban J connectivity index is 2.12. The lowest BCUT2D eigenvalue weighted by atomic mass is 9.83. The summed E-state index contributed by atoms with van der Waals surface area (Å²) < 4.78 is 0. The van der Waals surface area contributed by atoms with E-state index in [0.29, 0.717) is 6.04 Å². The number of hydrogen-bond acceptors (Lipinski definition) is 2. The summed E-state index contributed by atoms with van der Waals surface area (Å²) in [7, 11) is 0. The van der Waals surface area contributed by atoms with E-state index in [1.165, 1.54) is 17.5 Å². The molecular formula is C15H24N2. The van der Waals surface area contributed by atoms with Crippen LogP contribution < -0.4 is 5.73 Å². The Kier molecular flexibility index (Phi) is 3.55. The van der Waals surface area contributed by atoms with Gasteiger partial charge in [0.1, 0.15) is 0 Å². The number of benzene rings is 1. The van der Waals surface area contributed by atoms with Gasteiger partial charge in [0.2, 0.25) is 0 Å². The standard InChI is InChI=1S/C15H24N2/c1-12(15(2,3)11-16)17-9-8-13-6-4-5-7-14(13)10-17/h4-7,12H,8-11,16H2,1-3H3. The van der Waals surface area contributed by atoms with E-state index < -0.39 is 0 Å². The van der Waals surface area contributed by atoms with Crippen LogP contribution in [0.25, 0.3) is 0 Å². The number of nitrogens with two attached hydrogens (primary N) is 1. The Morgan fingerprint density at radius 1 is 1.29 bits per heavy atom. The molecule has 94 valence electrons. The first-order valence-electron chi connectivity index (χ1n) is 6.55. The molecule has 0 bridgehead atoms. The van der Waals surface area contributed by atoms with Crippen LogP contribution in [0.5, 0.6) is 0 Å². The Morgan fingerprint density at radius 3 is 2.59 bits per heavy atom. The van der Waals surface area contributed by atoms with Crippen LogP contribution in [-0.4, -0.2) is 24.0 Å². The zero-order valence-electron chi connectivity index (χ0n) is 11.2. The van der Waals surface area contributed by atoms with Crippen LogP contribution in [-0.2, 0) is 13.0 Å². The summed E-state index contributed by atoms with van der Waals surface area (Å²) in [5.41, 5.74) is 9.07. The Hall–Kier alpha value is -0.860. The third kappa shape index (κ3) is 2.53. The zero-order chi connectivity index (χ0) is 12.5. The van der Waals surface area contributed by atoms with Gasteiger partial charge in [0.05, 0.1) is 0 Å². The molecule has 1 aromatic rings. The molecule has 17 heavy (non-hydrogen) atoms. The number of rotatable bonds is 3. The van der Waals surface area contributed by atoms with Gasteiger partial charge in [-0.2, -0.15) is 0 Å². The van der Waals surface area contributed by atoms with Gasteiger partial charge in [-0.05, 0) is 36.4 Å². The summed E-state index contributed by atoms with van der Waals surface area (Å²) in [6.07, 6.45) is 1.17. The van der Waals surface area contributed by atoms with Gasteiger partial charge in [-0.25, -0.2) is 0 Å². The van der Waals surface area contributed by atoms with Crippen LogP contribution in [0, 0.1) is 5.41 Å². The van der Waals surface area contributed by atoms with Gasteiger partial charge in [0.15, 0.2) is 0 Å². The lowest BCUT2D eigenvalue weighted by Gasteiger charge is -2.41. The minimum Gasteiger partial charge on any atom is -0.330 e. The molecule has 0 aliphatic carbocycles. The minimum absolute atomic E-state index is 0.187. The zero-order valence-corrected chi connectivity index (χ0v) is 11.2. The molecule has 0 spiro atoms. The molecule has 0 aromatic heterocycles. The largest absolute Gasteiger partial charge is 0.330 e. The van der Waals surface area contributed by atoms with Crippen LogP contribution in [0.2, 0.25) is 0 Å². The molecule has 1 aliphatic rings. The van der Waals surface area contributed by atoms with E-state index in [1.54, 1.807) is 0 Å². The van der Waals surface area contributed by atoms with Crippen LogP contribution in [0.1, 0.15) is 31.9 Å². The van der Waals surface area contributed by atoms with E-state index in [-0.39, 0.29) is 5.41 Å². The van der Waals surface area contributed by atoms with Gasteiger partial charge in [0, 0.05) is 19.1 Å². The summed E-state index contributed by atoms with van der Waals surface area (Å²) in [5, 5.41) is 0. The molecule has 1 heterocycles. The maximum absolute atomic E-state index is 5.88. The van der Waals surface area contributed by atoms with E-state index in [1.807, 2.05) is 0 Å². The quantitative estimate of drug-likeness (QED) is 0.867. The second-order valence-electron chi connectivity index (χ2n) is 5.86. The van der Waals surface area contributed by atoms with Crippen LogP contribution in [0.15, 0.2) is 24.3 Å². The van der Waals surface area contributed by atoms with E-state index in [2.05, 4.69) is 49.9 Å². The third-order valence-corrected chi connectivity index (χ3v) is 4.36. The molecule has 2 rings (SSSR count). The SMILES string of the molecule is CC(N1CCc2ccccc2C1)C(C)(C)CN. The summed E-state index contributed by atoms with van der Waals surface area (Å²) in [6.45, 7) is 9.80. The van der Waals surface area contributed by atoms with Crippen molar-refractivity contribution in [1.29, 1.82) is 0 Å². The van der Waals surface area contributed by atoms with Gasteiger partial charge < -0.3 is 5.73 Å². The fraction of sp³-hybridized carbons (Fsp3) is 0.600. The highest BCUT2D eigenvalue weighted by atomic mass is 15.2. The molecule has 0 fully saturated rings. The van der Waals surface area contributed by atoms with Crippen LogP contribution in [0.4, 0.5) is 0 Å². The lowest BCUT2D eigenvalue weighted by Crippen LogP contribution is -2.48. The van der Waals surface area contributed by atoms with Gasteiger partial charge in [-0.15, -0.1) is 0 Å². The van der Waals surface area contributed by atoms with Crippen molar-refractivity contribution in [1.82, 2.24) is 4.90 Å². The summed E-state index contributed by atoms with van der Waals surface area (Å²) in [5.74, 6) is 0. The molecule has 2 nitrogen and oxygen atoms in total. The number of fused-ring (bicyclic) bond motifs is 1. The fourth-order valence-corrected chi connectivity index (χ4v) is 2.51. The van der Waals surface area contributed by atoms with Gasteiger partial charge >= 0.3 is 0 Å².